The van der Waals surface area contributed by atoms with Gasteiger partial charge in [0.15, 0.2) is 5.82 Å². The predicted molar refractivity (Wildman–Crippen MR) is 184 cm³/mol. The minimum Gasteiger partial charge on any atom is -0.495 e. The molecule has 45 heavy (non-hydrogen) atoms. The number of anilines is 1. The molecule has 0 saturated carbocycles. The van der Waals surface area contributed by atoms with E-state index in [4.69, 9.17) is 20.8 Å². The summed E-state index contributed by atoms with van der Waals surface area (Å²) in [6, 6.07) is 23.6. The molecule has 0 fully saturated rings. The number of ether oxygens (including phenoxy) is 1. The highest BCUT2D eigenvalue weighted by atomic mass is 35.5. The fourth-order valence-corrected chi connectivity index (χ4v) is 10.9. The van der Waals surface area contributed by atoms with Crippen LogP contribution in [-0.2, 0) is 16.9 Å². The van der Waals surface area contributed by atoms with Crippen LogP contribution in [0.25, 0.3) is 11.0 Å². The number of methoxy groups -OCH3 is 1. The van der Waals surface area contributed by atoms with Crippen LogP contribution in [0.3, 0.4) is 0 Å². The van der Waals surface area contributed by atoms with Crippen LogP contribution in [0.1, 0.15) is 58.2 Å². The summed E-state index contributed by atoms with van der Waals surface area (Å²) in [7, 11) is -0.997. The van der Waals surface area contributed by atoms with E-state index < -0.39 is 8.32 Å². The summed E-state index contributed by atoms with van der Waals surface area (Å²) >= 11 is 6.08. The normalized spacial score (nSPS) is 12.8. The van der Waals surface area contributed by atoms with Crippen molar-refractivity contribution in [2.24, 2.45) is 0 Å². The second-order valence-electron chi connectivity index (χ2n) is 12.3. The smallest absolute Gasteiger partial charge is 0.261 e. The van der Waals surface area contributed by atoms with Crippen LogP contribution >= 0.6 is 11.6 Å². The van der Waals surface area contributed by atoms with Gasteiger partial charge in [0, 0.05) is 18.2 Å². The predicted octanol–water partition coefficient (Wildman–Crippen LogP) is 6.36. The van der Waals surface area contributed by atoms with E-state index in [9.17, 15) is 0 Å². The highest BCUT2D eigenvalue weighted by Gasteiger charge is 2.50. The molecule has 0 spiro atoms. The topological polar surface area (TPSA) is 87.0 Å². The van der Waals surface area contributed by atoms with Gasteiger partial charge in [-0.1, -0.05) is 94.8 Å². The van der Waals surface area contributed by atoms with Crippen molar-refractivity contribution in [2.75, 3.05) is 19.0 Å². The zero-order valence-electron chi connectivity index (χ0n) is 26.8. The molecular weight excluding hydrogens is 600 g/mol. The van der Waals surface area contributed by atoms with Crippen LogP contribution < -0.4 is 20.4 Å². The number of pyridine rings is 1. The number of rotatable bonds is 14. The third-order valence-electron chi connectivity index (χ3n) is 8.24. The van der Waals surface area contributed by atoms with Gasteiger partial charge in [-0.2, -0.15) is 5.10 Å². The quantitative estimate of drug-likeness (QED) is 0.111. The molecule has 0 aliphatic carbocycles. The fourth-order valence-electron chi connectivity index (χ4n) is 6.13. The minimum absolute atomic E-state index is 0.0823. The lowest BCUT2D eigenvalue weighted by Gasteiger charge is -2.43. The lowest BCUT2D eigenvalue weighted by atomic mass is 10.1. The Bertz CT molecular complexity index is 1640. The van der Waals surface area contributed by atoms with Crippen LogP contribution in [0.15, 0.2) is 79.1 Å². The number of nitrogens with zero attached hydrogens (tertiary/aromatic N) is 5. The fraction of sp³-hybridized carbons (Fsp3) is 0.371. The summed E-state index contributed by atoms with van der Waals surface area (Å²) in [6.07, 6.45) is 9.06. The van der Waals surface area contributed by atoms with Crippen LogP contribution in [0, 0.1) is 6.33 Å². The summed E-state index contributed by atoms with van der Waals surface area (Å²) in [5.74, 6) is 1.69. The van der Waals surface area contributed by atoms with Gasteiger partial charge in [0.05, 0.1) is 37.6 Å². The molecule has 0 aliphatic heterocycles. The number of hydrogen-bond donors (Lipinski definition) is 1. The van der Waals surface area contributed by atoms with Crippen molar-refractivity contribution in [3.8, 4) is 5.75 Å². The van der Waals surface area contributed by atoms with Crippen molar-refractivity contribution < 1.29 is 9.16 Å². The Morgan fingerprint density at radius 2 is 1.67 bits per heavy atom. The first-order valence-electron chi connectivity index (χ1n) is 15.5. The highest BCUT2D eigenvalue weighted by Crippen LogP contribution is 2.37. The van der Waals surface area contributed by atoms with E-state index in [0.717, 1.165) is 41.6 Å². The number of fused-ring (bicyclic) bond motifs is 1. The maximum atomic E-state index is 7.21. The van der Waals surface area contributed by atoms with E-state index in [1.165, 1.54) is 10.4 Å². The zero-order valence-corrected chi connectivity index (χ0v) is 28.5. The molecule has 10 heteroatoms. The van der Waals surface area contributed by atoms with Crippen molar-refractivity contribution in [1.82, 2.24) is 24.7 Å². The lowest BCUT2D eigenvalue weighted by Crippen LogP contribution is -2.66. The van der Waals surface area contributed by atoms with E-state index in [-0.39, 0.29) is 11.1 Å². The largest absolute Gasteiger partial charge is 0.495 e. The average Bonchev–Trinajstić information content (AvgIpc) is 3.47. The number of nitrogens with one attached hydrogen (secondary N) is 1. The monoisotopic (exact) mass is 641 g/mol. The summed E-state index contributed by atoms with van der Waals surface area (Å²) in [5.41, 5.74) is 3.23. The molecule has 0 bridgehead atoms. The van der Waals surface area contributed by atoms with Gasteiger partial charge in [0.25, 0.3) is 8.32 Å². The van der Waals surface area contributed by atoms with Gasteiger partial charge < -0.3 is 14.5 Å². The lowest BCUT2D eigenvalue weighted by molar-refractivity contribution is 0.281. The third kappa shape index (κ3) is 7.06. The molecule has 5 rings (SSSR count). The number of hydrogen-bond acceptors (Lipinski definition) is 7. The Hall–Kier alpha value is -3.79. The Morgan fingerprint density at radius 1 is 0.978 bits per heavy atom. The van der Waals surface area contributed by atoms with Gasteiger partial charge in [0.1, 0.15) is 16.8 Å². The molecule has 235 valence electrons. The summed E-state index contributed by atoms with van der Waals surface area (Å²) in [5, 5.41) is 10.8. The van der Waals surface area contributed by atoms with E-state index in [0.29, 0.717) is 30.6 Å². The number of halogens is 1. The van der Waals surface area contributed by atoms with Gasteiger partial charge >= 0.3 is 0 Å². The van der Waals surface area contributed by atoms with Crippen molar-refractivity contribution in [3.63, 3.8) is 0 Å². The van der Waals surface area contributed by atoms with E-state index >= 15 is 0 Å². The zero-order chi connectivity index (χ0) is 31.9. The molecule has 3 aromatic heterocycles. The Balaban J connectivity index is 1.42. The van der Waals surface area contributed by atoms with Crippen molar-refractivity contribution >= 4 is 47.1 Å². The molecular formula is C35H42ClN6O2Si. The van der Waals surface area contributed by atoms with Gasteiger partial charge in [-0.15, -0.1) is 11.6 Å². The number of aromatic nitrogens is 5. The van der Waals surface area contributed by atoms with Gasteiger partial charge in [0.2, 0.25) is 6.33 Å². The van der Waals surface area contributed by atoms with Gasteiger partial charge in [-0.25, -0.2) is 9.97 Å². The second-order valence-corrected chi connectivity index (χ2v) is 16.8. The molecule has 0 aliphatic rings. The standard InChI is InChI=1S/C35H42ClN6O2Si/c1-6-13-27(18-19-44-45(35(2,3)4,29-14-9-7-10-15-29)30-16-11-8-12-17-30)41-34-33-31(38-25-39-34)22-40-42(33)24-26-20-28(21-36)37-23-32(26)43-5/h7-12,14-17,20,22-23,27H,6,13,18-19,21,24H2,1-5H3,(H,38,39,41)/t27-/m0/s1. The molecule has 0 amide bonds. The van der Waals surface area contributed by atoms with E-state index in [1.54, 1.807) is 19.5 Å². The first-order chi connectivity index (χ1) is 21.8. The highest BCUT2D eigenvalue weighted by molar-refractivity contribution is 6.99. The molecule has 0 saturated heterocycles. The molecule has 1 atom stereocenters. The average molecular weight is 642 g/mol. The molecule has 2 aromatic carbocycles. The number of benzene rings is 2. The first kappa shape index (κ1) is 32.6. The second kappa shape index (κ2) is 14.5. The van der Waals surface area contributed by atoms with Crippen LogP contribution in [-0.4, -0.2) is 52.8 Å². The molecule has 3 heterocycles. The number of alkyl halides is 1. The summed E-state index contributed by atoms with van der Waals surface area (Å²) in [4.78, 5) is 13.3. The maximum absolute atomic E-state index is 7.21. The Kier molecular flexibility index (Phi) is 10.5. The summed E-state index contributed by atoms with van der Waals surface area (Å²) in [6.45, 7) is 10.2. The van der Waals surface area contributed by atoms with E-state index in [1.807, 2.05) is 10.7 Å². The van der Waals surface area contributed by atoms with Gasteiger partial charge in [-0.05, 0) is 34.3 Å². The van der Waals surface area contributed by atoms with Gasteiger partial charge in [-0.3, -0.25) is 9.67 Å². The molecule has 1 N–H and O–H groups in total. The molecule has 8 nitrogen and oxygen atoms in total. The van der Waals surface area contributed by atoms with E-state index in [2.05, 4.69) is 120 Å². The molecule has 1 radical (unpaired) electrons. The molecule has 0 unspecified atom stereocenters. The summed E-state index contributed by atoms with van der Waals surface area (Å²) < 4.78 is 14.7. The van der Waals surface area contributed by atoms with Crippen molar-refractivity contribution in [1.29, 1.82) is 0 Å². The van der Waals surface area contributed by atoms with Crippen LogP contribution in [0.2, 0.25) is 5.04 Å². The molecule has 5 aromatic rings. The first-order valence-corrected chi connectivity index (χ1v) is 17.9. The third-order valence-corrected chi connectivity index (χ3v) is 13.6. The maximum Gasteiger partial charge on any atom is 0.261 e. The Labute approximate surface area is 272 Å². The van der Waals surface area contributed by atoms with Crippen molar-refractivity contribution in [2.45, 2.75) is 70.5 Å². The Morgan fingerprint density at radius 3 is 2.27 bits per heavy atom. The SMILES string of the molecule is CCC[C@@H](CCO[Si](c1ccccc1)(c1ccccc1)C(C)(C)C)Nc1n[c]nc2cnn(Cc3cc(CCl)ncc3OC)c12. The van der Waals surface area contributed by atoms with Crippen LogP contribution in [0.5, 0.6) is 5.75 Å². The van der Waals surface area contributed by atoms with Crippen LogP contribution in [0.4, 0.5) is 5.82 Å². The minimum atomic E-state index is -2.63. The van der Waals surface area contributed by atoms with Crippen molar-refractivity contribution in [3.05, 3.63) is 96.7 Å².